The summed E-state index contributed by atoms with van der Waals surface area (Å²) >= 11 is 0. The molecule has 0 bridgehead atoms. The number of likely N-dealkylation sites (tertiary alicyclic amines) is 1. The van der Waals surface area contributed by atoms with Crippen molar-refractivity contribution in [1.82, 2.24) is 4.90 Å². The number of para-hydroxylation sites is 1. The third-order valence-corrected chi connectivity index (χ3v) is 5.83. The zero-order chi connectivity index (χ0) is 19.0. The normalized spacial score (nSPS) is 22.1. The van der Waals surface area contributed by atoms with Crippen LogP contribution in [0.15, 0.2) is 48.5 Å². The first-order valence-electron chi connectivity index (χ1n) is 9.80. The molecule has 1 spiro atoms. The molecule has 2 aromatic carbocycles. The third kappa shape index (κ3) is 3.12. The van der Waals surface area contributed by atoms with Crippen molar-refractivity contribution in [3.8, 4) is 5.75 Å². The minimum absolute atomic E-state index is 0.287. The molecule has 27 heavy (non-hydrogen) atoms. The van der Waals surface area contributed by atoms with E-state index in [2.05, 4.69) is 49.1 Å². The van der Waals surface area contributed by atoms with E-state index in [0.29, 0.717) is 5.92 Å². The van der Waals surface area contributed by atoms with Crippen molar-refractivity contribution in [1.29, 1.82) is 0 Å². The number of amides is 1. The fraction of sp³-hybridized carbons (Fsp3) is 0.435. The Morgan fingerprint density at radius 2 is 1.85 bits per heavy atom. The van der Waals surface area contributed by atoms with Crippen LogP contribution in [-0.4, -0.2) is 37.6 Å². The monoisotopic (exact) mass is 364 g/mol. The molecular weight excluding hydrogens is 336 g/mol. The highest BCUT2D eigenvalue weighted by molar-refractivity contribution is 6.08. The molecule has 4 nitrogen and oxygen atoms in total. The van der Waals surface area contributed by atoms with Crippen LogP contribution in [0.3, 0.4) is 0 Å². The predicted molar refractivity (Wildman–Crippen MR) is 108 cm³/mol. The number of hydrogen-bond donors (Lipinski definition) is 0. The average molecular weight is 364 g/mol. The van der Waals surface area contributed by atoms with Crippen LogP contribution in [0.5, 0.6) is 5.75 Å². The van der Waals surface area contributed by atoms with E-state index < -0.39 is 0 Å². The van der Waals surface area contributed by atoms with E-state index >= 15 is 0 Å². The Morgan fingerprint density at radius 3 is 2.56 bits per heavy atom. The summed E-state index contributed by atoms with van der Waals surface area (Å²) in [5, 5.41) is 0. The maximum Gasteiger partial charge on any atom is 0.239 e. The van der Waals surface area contributed by atoms with Crippen LogP contribution < -0.4 is 9.64 Å². The van der Waals surface area contributed by atoms with Crippen LogP contribution in [-0.2, 0) is 16.8 Å². The Kier molecular flexibility index (Phi) is 4.68. The molecule has 2 heterocycles. The number of anilines is 1. The lowest BCUT2D eigenvalue weighted by Crippen LogP contribution is -2.43. The predicted octanol–water partition coefficient (Wildman–Crippen LogP) is 3.84. The molecule has 2 aliphatic rings. The number of rotatable bonds is 5. The van der Waals surface area contributed by atoms with Gasteiger partial charge in [0.15, 0.2) is 0 Å². The van der Waals surface area contributed by atoms with Gasteiger partial charge in [0, 0.05) is 25.3 Å². The molecule has 2 aliphatic heterocycles. The standard InChI is InChI=1S/C23H28N2O2/c1-17(2)14-25-21-7-5-4-6-20(21)23(22(25)26)12-13-24(16-23)15-18-8-10-19(27-3)11-9-18/h4-11,17H,12-16H2,1-3H3/t23-/m0/s1. The first-order valence-corrected chi connectivity index (χ1v) is 9.80. The molecule has 1 fully saturated rings. The largest absolute Gasteiger partial charge is 0.497 e. The lowest BCUT2D eigenvalue weighted by atomic mass is 9.81. The molecule has 142 valence electrons. The average Bonchev–Trinajstić information content (AvgIpc) is 3.19. The van der Waals surface area contributed by atoms with E-state index in [-0.39, 0.29) is 11.3 Å². The van der Waals surface area contributed by atoms with E-state index in [1.807, 2.05) is 23.1 Å². The van der Waals surface area contributed by atoms with Crippen LogP contribution in [0.1, 0.15) is 31.4 Å². The van der Waals surface area contributed by atoms with Crippen molar-refractivity contribution in [2.75, 3.05) is 31.6 Å². The summed E-state index contributed by atoms with van der Waals surface area (Å²) in [6.07, 6.45) is 0.896. The van der Waals surface area contributed by atoms with Crippen LogP contribution in [0.4, 0.5) is 5.69 Å². The SMILES string of the molecule is COc1ccc(CN2CC[C@@]3(C2)C(=O)N(CC(C)C)c2ccccc23)cc1. The number of hydrogen-bond acceptors (Lipinski definition) is 3. The topological polar surface area (TPSA) is 32.8 Å². The number of nitrogens with zero attached hydrogens (tertiary/aromatic N) is 2. The Balaban J connectivity index is 1.57. The van der Waals surface area contributed by atoms with Gasteiger partial charge in [-0.1, -0.05) is 44.2 Å². The lowest BCUT2D eigenvalue weighted by Gasteiger charge is -2.25. The Hall–Kier alpha value is -2.33. The van der Waals surface area contributed by atoms with E-state index in [9.17, 15) is 4.79 Å². The molecular formula is C23H28N2O2. The first-order chi connectivity index (χ1) is 13.0. The summed E-state index contributed by atoms with van der Waals surface area (Å²) in [5.41, 5.74) is 3.21. The molecule has 0 aromatic heterocycles. The second-order valence-corrected chi connectivity index (χ2v) is 8.22. The first kappa shape index (κ1) is 18.1. The lowest BCUT2D eigenvalue weighted by molar-refractivity contribution is -0.122. The van der Waals surface area contributed by atoms with Gasteiger partial charge in [-0.05, 0) is 48.2 Å². The number of benzene rings is 2. The van der Waals surface area contributed by atoms with E-state index in [1.54, 1.807) is 7.11 Å². The Bertz CT molecular complexity index is 831. The number of carbonyl (C=O) groups excluding carboxylic acids is 1. The fourth-order valence-corrected chi connectivity index (χ4v) is 4.55. The van der Waals surface area contributed by atoms with Crippen molar-refractivity contribution in [3.63, 3.8) is 0 Å². The van der Waals surface area contributed by atoms with Gasteiger partial charge in [-0.3, -0.25) is 9.69 Å². The van der Waals surface area contributed by atoms with Crippen LogP contribution in [0, 0.1) is 5.92 Å². The maximum atomic E-state index is 13.5. The van der Waals surface area contributed by atoms with E-state index in [1.165, 1.54) is 11.1 Å². The van der Waals surface area contributed by atoms with Crippen LogP contribution >= 0.6 is 0 Å². The van der Waals surface area contributed by atoms with Gasteiger partial charge >= 0.3 is 0 Å². The number of ether oxygens (including phenoxy) is 1. The van der Waals surface area contributed by atoms with Crippen molar-refractivity contribution in [2.45, 2.75) is 32.2 Å². The Morgan fingerprint density at radius 1 is 1.11 bits per heavy atom. The van der Waals surface area contributed by atoms with Crippen molar-refractivity contribution >= 4 is 11.6 Å². The molecule has 1 atom stereocenters. The highest BCUT2D eigenvalue weighted by atomic mass is 16.5. The van der Waals surface area contributed by atoms with Crippen molar-refractivity contribution < 1.29 is 9.53 Å². The second kappa shape index (κ2) is 7.01. The molecule has 2 aromatic rings. The zero-order valence-electron chi connectivity index (χ0n) is 16.4. The molecule has 0 radical (unpaired) electrons. The number of methoxy groups -OCH3 is 1. The smallest absolute Gasteiger partial charge is 0.239 e. The quantitative estimate of drug-likeness (QED) is 0.808. The fourth-order valence-electron chi connectivity index (χ4n) is 4.55. The maximum absolute atomic E-state index is 13.5. The highest BCUT2D eigenvalue weighted by Crippen LogP contribution is 2.47. The Labute approximate surface area is 161 Å². The molecule has 1 saturated heterocycles. The van der Waals surface area contributed by atoms with Gasteiger partial charge in [0.2, 0.25) is 5.91 Å². The van der Waals surface area contributed by atoms with Crippen molar-refractivity contribution in [2.24, 2.45) is 5.92 Å². The van der Waals surface area contributed by atoms with Gasteiger partial charge in [-0.2, -0.15) is 0 Å². The van der Waals surface area contributed by atoms with Gasteiger partial charge in [0.1, 0.15) is 5.75 Å². The molecule has 1 amide bonds. The molecule has 0 saturated carbocycles. The van der Waals surface area contributed by atoms with Crippen molar-refractivity contribution in [3.05, 3.63) is 59.7 Å². The highest BCUT2D eigenvalue weighted by Gasteiger charge is 2.54. The van der Waals surface area contributed by atoms with Crippen LogP contribution in [0.2, 0.25) is 0 Å². The van der Waals surface area contributed by atoms with E-state index in [0.717, 1.165) is 44.0 Å². The minimum atomic E-state index is -0.377. The minimum Gasteiger partial charge on any atom is -0.497 e. The molecule has 0 unspecified atom stereocenters. The third-order valence-electron chi connectivity index (χ3n) is 5.83. The summed E-state index contributed by atoms with van der Waals surface area (Å²) < 4.78 is 5.25. The van der Waals surface area contributed by atoms with E-state index in [4.69, 9.17) is 4.74 Å². The zero-order valence-corrected chi connectivity index (χ0v) is 16.4. The summed E-state index contributed by atoms with van der Waals surface area (Å²) in [5.74, 6) is 1.62. The second-order valence-electron chi connectivity index (χ2n) is 8.22. The molecule has 4 rings (SSSR count). The summed E-state index contributed by atoms with van der Waals surface area (Å²) in [6.45, 7) is 7.74. The molecule has 4 heteroatoms. The van der Waals surface area contributed by atoms with Gasteiger partial charge in [0.25, 0.3) is 0 Å². The van der Waals surface area contributed by atoms with Gasteiger partial charge in [0.05, 0.1) is 12.5 Å². The summed E-state index contributed by atoms with van der Waals surface area (Å²) in [7, 11) is 1.69. The summed E-state index contributed by atoms with van der Waals surface area (Å²) in [4.78, 5) is 17.9. The summed E-state index contributed by atoms with van der Waals surface area (Å²) in [6, 6.07) is 16.6. The number of fused-ring (bicyclic) bond motifs is 2. The van der Waals surface area contributed by atoms with Gasteiger partial charge < -0.3 is 9.64 Å². The van der Waals surface area contributed by atoms with Crippen LogP contribution in [0.25, 0.3) is 0 Å². The number of carbonyl (C=O) groups is 1. The van der Waals surface area contributed by atoms with Gasteiger partial charge in [-0.25, -0.2) is 0 Å². The molecule has 0 aliphatic carbocycles. The van der Waals surface area contributed by atoms with Gasteiger partial charge in [-0.15, -0.1) is 0 Å². The molecule has 0 N–H and O–H groups in total.